The van der Waals surface area contributed by atoms with Crippen molar-refractivity contribution in [1.82, 2.24) is 9.97 Å². The number of imidazole rings is 1. The van der Waals surface area contributed by atoms with Gasteiger partial charge in [0.15, 0.2) is 0 Å². The van der Waals surface area contributed by atoms with Crippen LogP contribution in [0.5, 0.6) is 0 Å². The molecule has 3 heteroatoms. The van der Waals surface area contributed by atoms with Crippen LogP contribution in [-0.4, -0.2) is 9.97 Å². The van der Waals surface area contributed by atoms with E-state index in [9.17, 15) is 0 Å². The molecule has 0 unspecified atom stereocenters. The van der Waals surface area contributed by atoms with Crippen LogP contribution >= 0.6 is 0 Å². The van der Waals surface area contributed by atoms with Crippen molar-refractivity contribution < 1.29 is 0 Å². The number of nitrogen functional groups attached to an aromatic ring is 1. The molecule has 0 bridgehead atoms. The molecule has 1 aromatic heterocycles. The van der Waals surface area contributed by atoms with E-state index in [4.69, 9.17) is 5.73 Å². The second-order valence-electron chi connectivity index (χ2n) is 6.24. The highest BCUT2D eigenvalue weighted by Gasteiger charge is 2.66. The minimum atomic E-state index is 0.301. The van der Waals surface area contributed by atoms with Crippen molar-refractivity contribution in [3.63, 3.8) is 0 Å². The minimum absolute atomic E-state index is 0.301. The Hall–Kier alpha value is -1.51. The summed E-state index contributed by atoms with van der Waals surface area (Å²) in [6.45, 7) is 9.20. The van der Waals surface area contributed by atoms with Crippen LogP contribution in [0.2, 0.25) is 0 Å². The van der Waals surface area contributed by atoms with E-state index in [-0.39, 0.29) is 0 Å². The molecule has 0 spiro atoms. The first kappa shape index (κ1) is 10.6. The Morgan fingerprint density at radius 3 is 2.35 bits per heavy atom. The number of nitrogens with zero attached hydrogens (tertiary/aromatic N) is 1. The third-order valence-corrected chi connectivity index (χ3v) is 4.86. The highest BCUT2D eigenvalue weighted by molar-refractivity contribution is 5.87. The Morgan fingerprint density at radius 1 is 1.18 bits per heavy atom. The van der Waals surface area contributed by atoms with Gasteiger partial charge in [-0.2, -0.15) is 0 Å². The SMILES string of the molecule is CC1(C)C(c2nc3c(N)cccc3[nH]2)C1(C)C. The van der Waals surface area contributed by atoms with Crippen molar-refractivity contribution in [3.05, 3.63) is 24.0 Å². The van der Waals surface area contributed by atoms with Crippen LogP contribution in [-0.2, 0) is 0 Å². The maximum atomic E-state index is 5.94. The zero-order valence-electron chi connectivity index (χ0n) is 10.8. The Labute approximate surface area is 101 Å². The Balaban J connectivity index is 2.13. The molecular weight excluding hydrogens is 210 g/mol. The van der Waals surface area contributed by atoms with Crippen molar-refractivity contribution in [2.45, 2.75) is 33.6 Å². The van der Waals surface area contributed by atoms with Gasteiger partial charge in [-0.1, -0.05) is 33.8 Å². The van der Waals surface area contributed by atoms with Gasteiger partial charge >= 0.3 is 0 Å². The first-order valence-electron chi connectivity index (χ1n) is 6.10. The highest BCUT2D eigenvalue weighted by atomic mass is 15.0. The summed E-state index contributed by atoms with van der Waals surface area (Å²) in [5.41, 5.74) is 9.24. The summed E-state index contributed by atoms with van der Waals surface area (Å²) in [6, 6.07) is 5.89. The number of hydrogen-bond donors (Lipinski definition) is 2. The quantitative estimate of drug-likeness (QED) is 0.737. The number of nitrogens with two attached hydrogens (primary N) is 1. The van der Waals surface area contributed by atoms with E-state index in [1.807, 2.05) is 18.2 Å². The molecular formula is C14H19N3. The van der Waals surface area contributed by atoms with E-state index in [0.717, 1.165) is 22.5 Å². The van der Waals surface area contributed by atoms with Gasteiger partial charge in [-0.3, -0.25) is 0 Å². The van der Waals surface area contributed by atoms with Gasteiger partial charge in [0, 0.05) is 5.92 Å². The second-order valence-corrected chi connectivity index (χ2v) is 6.24. The second kappa shape index (κ2) is 2.84. The van der Waals surface area contributed by atoms with Gasteiger partial charge in [0.2, 0.25) is 0 Å². The fourth-order valence-corrected chi connectivity index (χ4v) is 3.09. The number of hydrogen-bond acceptors (Lipinski definition) is 2. The molecule has 1 heterocycles. The zero-order chi connectivity index (χ0) is 12.4. The predicted octanol–water partition coefficient (Wildman–Crippen LogP) is 3.29. The molecule has 0 amide bonds. The van der Waals surface area contributed by atoms with Crippen LogP contribution in [0, 0.1) is 10.8 Å². The number of fused-ring (bicyclic) bond motifs is 1. The van der Waals surface area contributed by atoms with E-state index < -0.39 is 0 Å². The third kappa shape index (κ3) is 1.20. The molecule has 1 aromatic carbocycles. The molecule has 1 fully saturated rings. The van der Waals surface area contributed by atoms with E-state index >= 15 is 0 Å². The zero-order valence-corrected chi connectivity index (χ0v) is 10.8. The molecule has 0 atom stereocenters. The van der Waals surface area contributed by atoms with Crippen molar-refractivity contribution in [1.29, 1.82) is 0 Å². The van der Waals surface area contributed by atoms with Crippen LogP contribution < -0.4 is 5.73 Å². The first-order chi connectivity index (χ1) is 7.85. The number of aromatic nitrogens is 2. The molecule has 90 valence electrons. The lowest BCUT2D eigenvalue weighted by atomic mass is 10.0. The molecule has 1 saturated carbocycles. The maximum Gasteiger partial charge on any atom is 0.111 e. The summed E-state index contributed by atoms with van der Waals surface area (Å²) in [7, 11) is 0. The highest BCUT2D eigenvalue weighted by Crippen LogP contribution is 2.73. The smallest absolute Gasteiger partial charge is 0.111 e. The summed E-state index contributed by atoms with van der Waals surface area (Å²) in [6.07, 6.45) is 0. The lowest BCUT2D eigenvalue weighted by Gasteiger charge is -2.03. The maximum absolute atomic E-state index is 5.94. The van der Waals surface area contributed by atoms with Crippen LogP contribution in [0.15, 0.2) is 18.2 Å². The number of H-pyrrole nitrogens is 1. The van der Waals surface area contributed by atoms with Crippen LogP contribution in [0.4, 0.5) is 5.69 Å². The summed E-state index contributed by atoms with van der Waals surface area (Å²) in [4.78, 5) is 8.10. The number of anilines is 1. The van der Waals surface area contributed by atoms with Gasteiger partial charge in [0.25, 0.3) is 0 Å². The number of para-hydroxylation sites is 1. The molecule has 3 rings (SSSR count). The van der Waals surface area contributed by atoms with E-state index in [2.05, 4.69) is 37.7 Å². The Morgan fingerprint density at radius 2 is 1.82 bits per heavy atom. The Bertz CT molecular complexity index is 579. The summed E-state index contributed by atoms with van der Waals surface area (Å²) in [5.74, 6) is 1.56. The van der Waals surface area contributed by atoms with E-state index in [1.165, 1.54) is 0 Å². The van der Waals surface area contributed by atoms with Gasteiger partial charge in [-0.05, 0) is 23.0 Å². The molecule has 3 nitrogen and oxygen atoms in total. The van der Waals surface area contributed by atoms with Gasteiger partial charge in [-0.25, -0.2) is 4.98 Å². The first-order valence-corrected chi connectivity index (χ1v) is 6.10. The number of rotatable bonds is 1. The largest absolute Gasteiger partial charge is 0.397 e. The van der Waals surface area contributed by atoms with Gasteiger partial charge < -0.3 is 10.7 Å². The van der Waals surface area contributed by atoms with Crippen LogP contribution in [0.3, 0.4) is 0 Å². The van der Waals surface area contributed by atoms with E-state index in [0.29, 0.717) is 16.7 Å². The van der Waals surface area contributed by atoms with Crippen molar-refractivity contribution >= 4 is 16.7 Å². The molecule has 1 aliphatic rings. The molecule has 1 aliphatic carbocycles. The average Bonchev–Trinajstić information content (AvgIpc) is 2.59. The number of benzene rings is 1. The van der Waals surface area contributed by atoms with Gasteiger partial charge in [-0.15, -0.1) is 0 Å². The summed E-state index contributed by atoms with van der Waals surface area (Å²) >= 11 is 0. The number of aromatic amines is 1. The molecule has 3 N–H and O–H groups in total. The van der Waals surface area contributed by atoms with Crippen molar-refractivity contribution in [2.24, 2.45) is 10.8 Å². The predicted molar refractivity (Wildman–Crippen MR) is 70.8 cm³/mol. The minimum Gasteiger partial charge on any atom is -0.397 e. The monoisotopic (exact) mass is 229 g/mol. The fourth-order valence-electron chi connectivity index (χ4n) is 3.09. The lowest BCUT2D eigenvalue weighted by Crippen LogP contribution is -1.95. The standard InChI is InChI=1S/C14H19N3/c1-13(2)11(14(13,3)4)12-16-9-7-5-6-8(15)10(9)17-12/h5-7,11H,15H2,1-4H3,(H,16,17). The van der Waals surface area contributed by atoms with Crippen molar-refractivity contribution in [2.75, 3.05) is 5.73 Å². The summed E-state index contributed by atoms with van der Waals surface area (Å²) in [5, 5.41) is 0. The molecule has 17 heavy (non-hydrogen) atoms. The average molecular weight is 229 g/mol. The fraction of sp³-hybridized carbons (Fsp3) is 0.500. The van der Waals surface area contributed by atoms with Gasteiger partial charge in [0.05, 0.1) is 11.2 Å². The Kier molecular flexibility index (Phi) is 1.77. The molecule has 0 aliphatic heterocycles. The third-order valence-electron chi connectivity index (χ3n) is 4.86. The number of nitrogens with one attached hydrogen (secondary N) is 1. The molecule has 0 radical (unpaired) electrons. The summed E-state index contributed by atoms with van der Waals surface area (Å²) < 4.78 is 0. The normalized spacial score (nSPS) is 21.9. The van der Waals surface area contributed by atoms with Crippen LogP contribution in [0.1, 0.15) is 39.4 Å². The van der Waals surface area contributed by atoms with Crippen LogP contribution in [0.25, 0.3) is 11.0 Å². The van der Waals surface area contributed by atoms with E-state index in [1.54, 1.807) is 0 Å². The van der Waals surface area contributed by atoms with Crippen molar-refractivity contribution in [3.8, 4) is 0 Å². The molecule has 2 aromatic rings. The molecule has 0 saturated heterocycles. The topological polar surface area (TPSA) is 54.7 Å². The lowest BCUT2D eigenvalue weighted by molar-refractivity contribution is 0.457. The van der Waals surface area contributed by atoms with Gasteiger partial charge in [0.1, 0.15) is 11.3 Å².